The Morgan fingerprint density at radius 2 is 0.877 bits per heavy atom. The largest absolute Gasteiger partial charge is 0.407 e. The third kappa shape index (κ3) is 7.41. The quantitative estimate of drug-likeness (QED) is 0.161. The molecule has 12 rings (SSSR count). The van der Waals surface area contributed by atoms with Gasteiger partial charge >= 0.3 is 6.01 Å². The van der Waals surface area contributed by atoms with E-state index in [1.54, 1.807) is 0 Å². The summed E-state index contributed by atoms with van der Waals surface area (Å²) in [4.78, 5) is 13.2. The fraction of sp³-hybridized carbons (Fsp3) is 0.418. The normalized spacial score (nSPS) is 20.0. The highest BCUT2D eigenvalue weighted by Gasteiger charge is 2.51. The summed E-state index contributed by atoms with van der Waals surface area (Å²) in [5.74, 6) is 0.781. The van der Waals surface area contributed by atoms with Gasteiger partial charge in [0.25, 0.3) is 6.71 Å². The van der Waals surface area contributed by atoms with Gasteiger partial charge in [0.15, 0.2) is 0 Å². The predicted molar refractivity (Wildman–Crippen MR) is 310 cm³/mol. The van der Waals surface area contributed by atoms with Crippen molar-refractivity contribution in [2.24, 2.45) is 0 Å². The second-order valence-electron chi connectivity index (χ2n) is 27.7. The average Bonchev–Trinajstić information content (AvgIpc) is 3.77. The molecule has 374 valence electrons. The van der Waals surface area contributed by atoms with E-state index in [1.807, 2.05) is 0 Å². The summed E-state index contributed by atoms with van der Waals surface area (Å²) in [7, 11) is 0. The average molecular weight is 965 g/mol. The molecular formula is C67H77BN4O. The monoisotopic (exact) mass is 965 g/mol. The molecule has 2 aliphatic heterocycles. The van der Waals surface area contributed by atoms with Crippen molar-refractivity contribution < 1.29 is 4.42 Å². The Bertz CT molecular complexity index is 3330. The highest BCUT2D eigenvalue weighted by Crippen LogP contribution is 2.55. The number of anilines is 9. The molecule has 0 atom stereocenters. The van der Waals surface area contributed by atoms with E-state index in [2.05, 4.69) is 240 Å². The maximum absolute atomic E-state index is 7.60. The number of hydrogen-bond donors (Lipinski definition) is 0. The molecule has 6 aromatic carbocycles. The van der Waals surface area contributed by atoms with Gasteiger partial charge in [0.05, 0.1) is 17.0 Å². The summed E-state index contributed by atoms with van der Waals surface area (Å²) in [5.41, 5.74) is 21.5. The number of rotatable bonds is 5. The molecule has 0 amide bonds. The van der Waals surface area contributed by atoms with Gasteiger partial charge in [-0.15, -0.1) is 0 Å². The number of hydrogen-bond acceptors (Lipinski definition) is 5. The van der Waals surface area contributed by atoms with E-state index in [0.717, 1.165) is 66.3 Å². The van der Waals surface area contributed by atoms with Crippen LogP contribution in [0.15, 0.2) is 126 Å². The Morgan fingerprint density at radius 3 is 1.34 bits per heavy atom. The minimum absolute atomic E-state index is 0.00234. The summed E-state index contributed by atoms with van der Waals surface area (Å²) in [5, 5.41) is 0. The molecule has 0 saturated heterocycles. The van der Waals surface area contributed by atoms with Crippen LogP contribution in [0.2, 0.25) is 0 Å². The summed E-state index contributed by atoms with van der Waals surface area (Å²) in [6.45, 7) is 36.3. The Balaban J connectivity index is 1.22. The first-order valence-corrected chi connectivity index (χ1v) is 27.5. The molecule has 0 radical (unpaired) electrons. The number of aromatic nitrogens is 1. The highest BCUT2D eigenvalue weighted by molar-refractivity contribution is 6.99. The van der Waals surface area contributed by atoms with Crippen LogP contribution in [0, 0.1) is 0 Å². The minimum atomic E-state index is -0.213. The maximum atomic E-state index is 7.60. The molecule has 6 heteroatoms. The second-order valence-corrected chi connectivity index (χ2v) is 27.7. The molecule has 0 fully saturated rings. The van der Waals surface area contributed by atoms with Crippen LogP contribution < -0.4 is 31.2 Å². The molecule has 5 nitrogen and oxygen atoms in total. The Hall–Kier alpha value is -6.01. The Kier molecular flexibility index (Phi) is 10.4. The van der Waals surface area contributed by atoms with Crippen molar-refractivity contribution in [1.29, 1.82) is 0 Å². The third-order valence-electron chi connectivity index (χ3n) is 18.8. The first-order valence-electron chi connectivity index (χ1n) is 27.5. The molecule has 0 bridgehead atoms. The van der Waals surface area contributed by atoms with Crippen molar-refractivity contribution >= 4 is 74.9 Å². The van der Waals surface area contributed by atoms with Gasteiger partial charge < -0.3 is 9.32 Å². The van der Waals surface area contributed by atoms with Gasteiger partial charge in [-0.3, -0.25) is 9.80 Å². The first kappa shape index (κ1) is 48.0. The highest BCUT2D eigenvalue weighted by atomic mass is 16.4. The van der Waals surface area contributed by atoms with Crippen LogP contribution in [0.4, 0.5) is 51.7 Å². The van der Waals surface area contributed by atoms with E-state index in [1.165, 1.54) is 73.4 Å². The van der Waals surface area contributed by atoms with Crippen LogP contribution in [0.1, 0.15) is 181 Å². The molecule has 7 aromatic rings. The number of para-hydroxylation sites is 2. The Labute approximate surface area is 437 Å². The van der Waals surface area contributed by atoms with E-state index in [9.17, 15) is 0 Å². The lowest BCUT2D eigenvalue weighted by molar-refractivity contribution is 0.332. The van der Waals surface area contributed by atoms with Crippen LogP contribution in [0.5, 0.6) is 0 Å². The number of oxazole rings is 1. The topological polar surface area (TPSA) is 35.8 Å². The molecule has 3 aliphatic carbocycles. The molecule has 5 aliphatic rings. The molecular weight excluding hydrogens is 888 g/mol. The van der Waals surface area contributed by atoms with Crippen molar-refractivity contribution in [3.05, 3.63) is 160 Å². The predicted octanol–water partition coefficient (Wildman–Crippen LogP) is 16.6. The van der Waals surface area contributed by atoms with Crippen LogP contribution >= 0.6 is 0 Å². The van der Waals surface area contributed by atoms with Crippen LogP contribution in [0.3, 0.4) is 0 Å². The number of fused-ring (bicyclic) bond motifs is 7. The summed E-state index contributed by atoms with van der Waals surface area (Å²) in [6.07, 6.45) is 6.90. The molecule has 1 aromatic heterocycles. The van der Waals surface area contributed by atoms with Crippen molar-refractivity contribution in [2.45, 2.75) is 180 Å². The molecule has 0 unspecified atom stereocenters. The van der Waals surface area contributed by atoms with E-state index < -0.39 is 0 Å². The van der Waals surface area contributed by atoms with Crippen LogP contribution in [-0.4, -0.2) is 11.7 Å². The van der Waals surface area contributed by atoms with Gasteiger partial charge in [-0.2, -0.15) is 0 Å². The standard InChI is InChI=1S/C67H77BN4O/c1-61(2,3)42-36-55-57-56(37-42)72(46-27-29-48-50(39-46)65(10,11)33-31-63(48,6)7)59-58(69-60(73-59)70(43-22-18-16-19-23-43)44-24-20-17-21-25-44)68(57)53-40-51-52(67(14,15)35-34-66(51,12)13)41-54(53)71(55)45-26-28-47-49(38-45)64(8,9)32-30-62(47,4)5/h16-29,36-41H,30-35H2,1-15H3. The summed E-state index contributed by atoms with van der Waals surface area (Å²) in [6, 6.07) is 46.9. The second kappa shape index (κ2) is 15.8. The van der Waals surface area contributed by atoms with Crippen molar-refractivity contribution in [2.75, 3.05) is 14.7 Å². The van der Waals surface area contributed by atoms with Crippen molar-refractivity contribution in [3.63, 3.8) is 0 Å². The van der Waals surface area contributed by atoms with Crippen molar-refractivity contribution in [3.8, 4) is 0 Å². The Morgan fingerprint density at radius 1 is 0.466 bits per heavy atom. The van der Waals surface area contributed by atoms with E-state index in [-0.39, 0.29) is 44.6 Å². The lowest BCUT2D eigenvalue weighted by Gasteiger charge is -2.47. The molecule has 0 N–H and O–H groups in total. The van der Waals surface area contributed by atoms with Gasteiger partial charge in [0.1, 0.15) is 0 Å². The van der Waals surface area contributed by atoms with Gasteiger partial charge in [-0.05, 0) is 193 Å². The summed E-state index contributed by atoms with van der Waals surface area (Å²) < 4.78 is 7.60. The van der Waals surface area contributed by atoms with Crippen molar-refractivity contribution in [1.82, 2.24) is 4.98 Å². The lowest BCUT2D eigenvalue weighted by atomic mass is 9.34. The smallest absolute Gasteiger partial charge is 0.307 e. The van der Waals surface area contributed by atoms with Crippen LogP contribution in [-0.2, 0) is 37.9 Å². The van der Waals surface area contributed by atoms with E-state index in [4.69, 9.17) is 9.40 Å². The SMILES string of the molecule is CC(C)(C)c1cc2c3c(c1)N(c1ccc4c(c1)C(C)(C)CCC4(C)C)c1oc(N(c4ccccc4)c4ccccc4)nc1B3c1cc3c(cc1N2c1ccc2c(c1)C(C)(C)CCC2(C)C)C(C)(C)CCC3(C)C. The molecule has 3 heterocycles. The number of benzene rings is 6. The van der Waals surface area contributed by atoms with Gasteiger partial charge in [-0.1, -0.05) is 158 Å². The van der Waals surface area contributed by atoms with Gasteiger partial charge in [0, 0.05) is 28.4 Å². The van der Waals surface area contributed by atoms with Gasteiger partial charge in [-0.25, -0.2) is 4.98 Å². The third-order valence-corrected chi connectivity index (χ3v) is 18.8. The zero-order chi connectivity index (χ0) is 51.6. The lowest BCUT2D eigenvalue weighted by Crippen LogP contribution is -2.62. The van der Waals surface area contributed by atoms with E-state index >= 15 is 0 Å². The minimum Gasteiger partial charge on any atom is -0.407 e. The van der Waals surface area contributed by atoms with E-state index in [0.29, 0.717) is 6.01 Å². The maximum Gasteiger partial charge on any atom is 0.307 e. The van der Waals surface area contributed by atoms with Gasteiger partial charge in [0.2, 0.25) is 5.88 Å². The number of nitrogens with zero attached hydrogens (tertiary/aromatic N) is 4. The first-order chi connectivity index (χ1) is 34.3. The fourth-order valence-electron chi connectivity index (χ4n) is 13.7. The molecule has 0 saturated carbocycles. The molecule has 73 heavy (non-hydrogen) atoms. The fourth-order valence-corrected chi connectivity index (χ4v) is 13.7. The zero-order valence-electron chi connectivity index (χ0n) is 46.6. The van der Waals surface area contributed by atoms with Crippen LogP contribution in [0.25, 0.3) is 0 Å². The molecule has 0 spiro atoms. The summed E-state index contributed by atoms with van der Waals surface area (Å²) >= 11 is 0. The zero-order valence-corrected chi connectivity index (χ0v) is 46.6.